The fourth-order valence-corrected chi connectivity index (χ4v) is 1.63. The second-order valence-electron chi connectivity index (χ2n) is 2.92. The predicted octanol–water partition coefficient (Wildman–Crippen LogP) is 3.66. The van der Waals surface area contributed by atoms with Gasteiger partial charge in [-0.1, -0.05) is 36.4 Å². The molecule has 13 heavy (non-hydrogen) atoms. The van der Waals surface area contributed by atoms with Crippen LogP contribution in [0.2, 0.25) is 0 Å². The number of rotatable bonds is 1. The van der Waals surface area contributed by atoms with Gasteiger partial charge in [-0.25, -0.2) is 5.11 Å². The molecular formula is C11H8BrO. The van der Waals surface area contributed by atoms with E-state index in [1.807, 2.05) is 42.5 Å². The van der Waals surface area contributed by atoms with Crippen molar-refractivity contribution in [3.05, 3.63) is 48.0 Å². The van der Waals surface area contributed by atoms with Crippen molar-refractivity contribution in [1.29, 1.82) is 0 Å². The third kappa shape index (κ3) is 1.74. The summed E-state index contributed by atoms with van der Waals surface area (Å²) in [5.41, 5.74) is 0.777. The van der Waals surface area contributed by atoms with Gasteiger partial charge in [0.2, 0.25) is 0 Å². The Labute approximate surface area is 85.1 Å². The van der Waals surface area contributed by atoms with E-state index in [2.05, 4.69) is 15.9 Å². The predicted molar refractivity (Wildman–Crippen MR) is 56.3 cm³/mol. The van der Waals surface area contributed by atoms with Crippen LogP contribution in [0.5, 0.6) is 0 Å². The van der Waals surface area contributed by atoms with Gasteiger partial charge < -0.3 is 0 Å². The molecule has 0 amide bonds. The molecule has 1 radical (unpaired) electrons. The summed E-state index contributed by atoms with van der Waals surface area (Å²) in [5.74, 6) is 0. The molecule has 0 aromatic heterocycles. The van der Waals surface area contributed by atoms with Gasteiger partial charge in [-0.3, -0.25) is 0 Å². The summed E-state index contributed by atoms with van der Waals surface area (Å²) >= 11 is 3.01. The number of hydrogen-bond donors (Lipinski definition) is 0. The van der Waals surface area contributed by atoms with E-state index in [1.165, 1.54) is 5.39 Å². The van der Waals surface area contributed by atoms with Crippen LogP contribution in [0.25, 0.3) is 10.8 Å². The molecule has 0 saturated carbocycles. The zero-order valence-corrected chi connectivity index (χ0v) is 8.49. The number of alkyl halides is 1. The van der Waals surface area contributed by atoms with E-state index >= 15 is 0 Å². The zero-order valence-electron chi connectivity index (χ0n) is 6.91. The van der Waals surface area contributed by atoms with Gasteiger partial charge in [0.05, 0.1) is 0 Å². The second kappa shape index (κ2) is 3.48. The third-order valence-electron chi connectivity index (χ3n) is 2.04. The van der Waals surface area contributed by atoms with E-state index in [-0.39, 0.29) is 0 Å². The summed E-state index contributed by atoms with van der Waals surface area (Å²) in [4.78, 5) is 0. The monoisotopic (exact) mass is 235 g/mol. The number of hydrogen-bond acceptors (Lipinski definition) is 0. The summed E-state index contributed by atoms with van der Waals surface area (Å²) < 4.78 is 0. The minimum atomic E-state index is -0.822. The van der Waals surface area contributed by atoms with Gasteiger partial charge >= 0.3 is 0 Å². The van der Waals surface area contributed by atoms with Crippen molar-refractivity contribution in [3.63, 3.8) is 0 Å². The minimum absolute atomic E-state index is 0.777. The molecule has 0 heterocycles. The number of fused-ring (bicyclic) bond motifs is 1. The van der Waals surface area contributed by atoms with Crippen LogP contribution in [0, 0.1) is 0 Å². The van der Waals surface area contributed by atoms with Gasteiger partial charge in [-0.2, -0.15) is 0 Å². The molecule has 0 spiro atoms. The lowest BCUT2D eigenvalue weighted by molar-refractivity contribution is 0.174. The fourth-order valence-electron chi connectivity index (χ4n) is 1.35. The van der Waals surface area contributed by atoms with Crippen LogP contribution >= 0.6 is 15.9 Å². The maximum Gasteiger partial charge on any atom is 0.172 e. The first-order chi connectivity index (χ1) is 6.27. The molecule has 0 fully saturated rings. The molecule has 1 nitrogen and oxygen atoms in total. The van der Waals surface area contributed by atoms with Crippen LogP contribution in [0.1, 0.15) is 10.6 Å². The molecule has 2 rings (SSSR count). The highest BCUT2D eigenvalue weighted by Crippen LogP contribution is 2.24. The molecule has 65 valence electrons. The quantitative estimate of drug-likeness (QED) is 0.673. The Morgan fingerprint density at radius 2 is 1.69 bits per heavy atom. The summed E-state index contributed by atoms with van der Waals surface area (Å²) in [6.45, 7) is 0. The molecule has 0 N–H and O–H groups in total. The standard InChI is InChI=1S/C11H8BrO/c12-11(13)10-6-5-8-3-1-2-4-9(8)7-10/h1-7,11H. The van der Waals surface area contributed by atoms with Crippen molar-refractivity contribution < 1.29 is 5.11 Å². The lowest BCUT2D eigenvalue weighted by Crippen LogP contribution is -1.84. The fraction of sp³-hybridized carbons (Fsp3) is 0.0909. The van der Waals surface area contributed by atoms with Gasteiger partial charge in [-0.15, -0.1) is 0 Å². The maximum atomic E-state index is 11.1. The van der Waals surface area contributed by atoms with Crippen molar-refractivity contribution in [2.75, 3.05) is 0 Å². The molecule has 2 aromatic carbocycles. The lowest BCUT2D eigenvalue weighted by Gasteiger charge is -2.02. The first kappa shape index (κ1) is 8.73. The smallest absolute Gasteiger partial charge is 0.172 e. The normalized spacial score (nSPS) is 13.1. The van der Waals surface area contributed by atoms with Gasteiger partial charge in [0.1, 0.15) is 0 Å². The molecule has 2 aromatic rings. The molecule has 0 aliphatic rings. The van der Waals surface area contributed by atoms with E-state index in [9.17, 15) is 5.11 Å². The Bertz CT molecular complexity index is 423. The second-order valence-corrected chi connectivity index (χ2v) is 3.75. The third-order valence-corrected chi connectivity index (χ3v) is 2.56. The van der Waals surface area contributed by atoms with Crippen molar-refractivity contribution in [3.8, 4) is 0 Å². The average Bonchev–Trinajstić information content (AvgIpc) is 2.17. The summed E-state index contributed by atoms with van der Waals surface area (Å²) in [7, 11) is 0. The first-order valence-corrected chi connectivity index (χ1v) is 4.97. The van der Waals surface area contributed by atoms with E-state index in [0.29, 0.717) is 0 Å². The number of halogens is 1. The molecular weight excluding hydrogens is 228 g/mol. The summed E-state index contributed by atoms with van der Waals surface area (Å²) in [5, 5.41) is 12.5. The van der Waals surface area contributed by atoms with Crippen LogP contribution in [-0.4, -0.2) is 0 Å². The van der Waals surface area contributed by atoms with Crippen molar-refractivity contribution >= 4 is 26.7 Å². The first-order valence-electron chi connectivity index (χ1n) is 4.06. The Hall–Kier alpha value is -0.860. The van der Waals surface area contributed by atoms with Gasteiger partial charge in [0.15, 0.2) is 5.01 Å². The highest BCUT2D eigenvalue weighted by Gasteiger charge is 2.03. The molecule has 2 heteroatoms. The van der Waals surface area contributed by atoms with Gasteiger partial charge in [-0.05, 0) is 38.3 Å². The largest absolute Gasteiger partial charge is 0.215 e. The summed E-state index contributed by atoms with van der Waals surface area (Å²) in [6, 6.07) is 13.7. The van der Waals surface area contributed by atoms with Crippen molar-refractivity contribution in [2.45, 2.75) is 5.01 Å². The molecule has 0 aliphatic carbocycles. The molecule has 0 saturated heterocycles. The van der Waals surface area contributed by atoms with Crippen LogP contribution in [0.15, 0.2) is 42.5 Å². The van der Waals surface area contributed by atoms with E-state index in [1.54, 1.807) is 0 Å². The zero-order chi connectivity index (χ0) is 9.26. The molecule has 1 atom stereocenters. The van der Waals surface area contributed by atoms with Crippen LogP contribution in [0.3, 0.4) is 0 Å². The minimum Gasteiger partial charge on any atom is -0.215 e. The van der Waals surface area contributed by atoms with Gasteiger partial charge in [0.25, 0.3) is 0 Å². The molecule has 1 unspecified atom stereocenters. The lowest BCUT2D eigenvalue weighted by atomic mass is 10.1. The van der Waals surface area contributed by atoms with Crippen LogP contribution in [0.4, 0.5) is 0 Å². The Morgan fingerprint density at radius 3 is 2.38 bits per heavy atom. The maximum absolute atomic E-state index is 11.1. The van der Waals surface area contributed by atoms with Crippen LogP contribution in [-0.2, 0) is 5.11 Å². The van der Waals surface area contributed by atoms with Gasteiger partial charge in [0, 0.05) is 0 Å². The topological polar surface area (TPSA) is 19.9 Å². The Morgan fingerprint density at radius 1 is 1.00 bits per heavy atom. The van der Waals surface area contributed by atoms with E-state index in [0.717, 1.165) is 10.9 Å². The van der Waals surface area contributed by atoms with Crippen LogP contribution < -0.4 is 0 Å². The van der Waals surface area contributed by atoms with Crippen molar-refractivity contribution in [1.82, 2.24) is 0 Å². The molecule has 0 aliphatic heterocycles. The van der Waals surface area contributed by atoms with Crippen molar-refractivity contribution in [2.24, 2.45) is 0 Å². The summed E-state index contributed by atoms with van der Waals surface area (Å²) in [6.07, 6.45) is 0. The Kier molecular flexibility index (Phi) is 2.34. The Balaban J connectivity index is 2.62. The van der Waals surface area contributed by atoms with E-state index in [4.69, 9.17) is 0 Å². The molecule has 0 bridgehead atoms. The average molecular weight is 236 g/mol. The number of benzene rings is 2. The highest BCUT2D eigenvalue weighted by atomic mass is 79.9. The SMILES string of the molecule is [O]C(Br)c1ccc2ccccc2c1. The highest BCUT2D eigenvalue weighted by molar-refractivity contribution is 9.09. The van der Waals surface area contributed by atoms with E-state index < -0.39 is 5.01 Å².